The molecule has 0 saturated carbocycles. The summed E-state index contributed by atoms with van der Waals surface area (Å²) in [5.41, 5.74) is 4.18. The molecule has 0 unspecified atom stereocenters. The lowest BCUT2D eigenvalue weighted by atomic mass is 10.0. The Morgan fingerprint density at radius 2 is 1.78 bits per heavy atom. The van der Waals surface area contributed by atoms with Crippen molar-refractivity contribution in [1.29, 1.82) is 0 Å². The van der Waals surface area contributed by atoms with Crippen molar-refractivity contribution in [2.75, 3.05) is 10.2 Å². The number of hydrogen-bond acceptors (Lipinski definition) is 4. The van der Waals surface area contributed by atoms with E-state index in [0.29, 0.717) is 12.1 Å². The van der Waals surface area contributed by atoms with Crippen LogP contribution in [-0.2, 0) is 26.0 Å². The number of sulfonamides is 1. The Morgan fingerprint density at radius 1 is 1.09 bits per heavy atom. The third kappa shape index (κ3) is 4.86. The second kappa shape index (κ2) is 9.03. The second-order valence-electron chi connectivity index (χ2n) is 8.88. The van der Waals surface area contributed by atoms with Gasteiger partial charge < -0.3 is 10.2 Å². The van der Waals surface area contributed by atoms with Gasteiger partial charge in [-0.05, 0) is 68.5 Å². The number of carbonyl (C=O) groups is 2. The summed E-state index contributed by atoms with van der Waals surface area (Å²) in [5, 5.41) is 2.85. The van der Waals surface area contributed by atoms with E-state index in [-0.39, 0.29) is 22.8 Å². The lowest BCUT2D eigenvalue weighted by Gasteiger charge is -2.23. The van der Waals surface area contributed by atoms with E-state index in [1.54, 1.807) is 30.9 Å². The molecule has 2 aromatic rings. The highest BCUT2D eigenvalue weighted by Gasteiger charge is 2.32. The molecule has 0 spiro atoms. The molecular formula is C24H31N3O4S. The van der Waals surface area contributed by atoms with Crippen LogP contribution in [0.5, 0.6) is 0 Å². The molecule has 7 nitrogen and oxygen atoms in total. The van der Waals surface area contributed by atoms with Gasteiger partial charge in [0.15, 0.2) is 0 Å². The number of anilines is 2. The number of carbonyl (C=O) groups excluding carboxylic acids is 2. The molecule has 0 aliphatic carbocycles. The summed E-state index contributed by atoms with van der Waals surface area (Å²) in [6.45, 7) is 10.9. The quantitative estimate of drug-likeness (QED) is 0.694. The lowest BCUT2D eigenvalue weighted by Crippen LogP contribution is -2.47. The number of fused-ring (bicyclic) bond motifs is 1. The average Bonchev–Trinajstić information content (AvgIpc) is 3.03. The molecule has 8 heteroatoms. The maximum absolute atomic E-state index is 13.1. The van der Waals surface area contributed by atoms with Crippen LogP contribution in [0.15, 0.2) is 41.3 Å². The van der Waals surface area contributed by atoms with Crippen molar-refractivity contribution in [2.24, 2.45) is 5.92 Å². The molecule has 0 radical (unpaired) electrons. The summed E-state index contributed by atoms with van der Waals surface area (Å²) in [5.74, 6) is -0.751. The summed E-state index contributed by atoms with van der Waals surface area (Å²) < 4.78 is 28.9. The van der Waals surface area contributed by atoms with Gasteiger partial charge in [-0.15, -0.1) is 0 Å². The Bertz CT molecular complexity index is 1160. The molecule has 0 aromatic heterocycles. The monoisotopic (exact) mass is 457 g/mol. The molecule has 1 heterocycles. The summed E-state index contributed by atoms with van der Waals surface area (Å²) in [7, 11) is -3.95. The number of rotatable bonds is 6. The normalized spacial score (nSPS) is 16.7. The Hall–Kier alpha value is -2.71. The fourth-order valence-corrected chi connectivity index (χ4v) is 5.54. The molecule has 1 aliphatic rings. The predicted molar refractivity (Wildman–Crippen MR) is 126 cm³/mol. The van der Waals surface area contributed by atoms with Crippen molar-refractivity contribution >= 4 is 33.2 Å². The van der Waals surface area contributed by atoms with Gasteiger partial charge in [-0.2, -0.15) is 4.72 Å². The molecule has 0 fully saturated rings. The van der Waals surface area contributed by atoms with Crippen molar-refractivity contribution in [2.45, 2.75) is 64.9 Å². The first-order chi connectivity index (χ1) is 14.9. The van der Waals surface area contributed by atoms with Gasteiger partial charge in [0.05, 0.1) is 4.90 Å². The van der Waals surface area contributed by atoms with Crippen LogP contribution < -0.4 is 14.9 Å². The molecule has 3 rings (SSSR count). The average molecular weight is 458 g/mol. The number of nitrogens with zero attached hydrogens (tertiary/aromatic N) is 1. The number of aryl methyl sites for hydroxylation is 2. The van der Waals surface area contributed by atoms with E-state index in [9.17, 15) is 18.0 Å². The van der Waals surface area contributed by atoms with Crippen molar-refractivity contribution in [3.05, 3.63) is 53.1 Å². The first-order valence-corrected chi connectivity index (χ1v) is 12.2. The highest BCUT2D eigenvalue weighted by atomic mass is 32.2. The summed E-state index contributed by atoms with van der Waals surface area (Å²) in [6.07, 6.45) is 0.582. The van der Waals surface area contributed by atoms with Crippen LogP contribution in [0, 0.1) is 19.8 Å². The molecule has 0 bridgehead atoms. The molecule has 32 heavy (non-hydrogen) atoms. The third-order valence-electron chi connectivity index (χ3n) is 5.79. The van der Waals surface area contributed by atoms with Crippen LogP contribution in [-0.4, -0.2) is 32.3 Å². The zero-order chi connectivity index (χ0) is 23.8. The van der Waals surface area contributed by atoms with Gasteiger partial charge in [0, 0.05) is 24.3 Å². The maximum Gasteiger partial charge on any atom is 0.242 e. The summed E-state index contributed by atoms with van der Waals surface area (Å²) in [4.78, 5) is 26.7. The van der Waals surface area contributed by atoms with Crippen LogP contribution in [0.1, 0.15) is 44.4 Å². The topological polar surface area (TPSA) is 95.6 Å². The molecule has 172 valence electrons. The van der Waals surface area contributed by atoms with E-state index in [0.717, 1.165) is 22.4 Å². The fraction of sp³-hybridized carbons (Fsp3) is 0.417. The first kappa shape index (κ1) is 23.9. The first-order valence-electron chi connectivity index (χ1n) is 10.7. The van der Waals surface area contributed by atoms with Gasteiger partial charge >= 0.3 is 0 Å². The van der Waals surface area contributed by atoms with E-state index in [4.69, 9.17) is 0 Å². The molecular weight excluding hydrogens is 426 g/mol. The summed E-state index contributed by atoms with van der Waals surface area (Å²) in [6, 6.07) is 9.44. The van der Waals surface area contributed by atoms with Gasteiger partial charge in [-0.3, -0.25) is 9.59 Å². The number of nitrogens with one attached hydrogen (secondary N) is 2. The zero-order valence-electron chi connectivity index (χ0n) is 19.4. The summed E-state index contributed by atoms with van der Waals surface area (Å²) >= 11 is 0. The second-order valence-corrected chi connectivity index (χ2v) is 10.6. The number of amides is 2. The third-order valence-corrected chi connectivity index (χ3v) is 7.23. The smallest absolute Gasteiger partial charge is 0.242 e. The Labute approximate surface area is 190 Å². The van der Waals surface area contributed by atoms with Crippen LogP contribution in [0.25, 0.3) is 0 Å². The molecule has 2 N–H and O–H groups in total. The number of hydrogen-bond donors (Lipinski definition) is 2. The van der Waals surface area contributed by atoms with Crippen LogP contribution in [0.3, 0.4) is 0 Å². The minimum absolute atomic E-state index is 0.0275. The molecule has 2 aromatic carbocycles. The largest absolute Gasteiger partial charge is 0.324 e. The Balaban J connectivity index is 1.84. The fourth-order valence-electron chi connectivity index (χ4n) is 4.15. The van der Waals surface area contributed by atoms with Gasteiger partial charge in [0.25, 0.3) is 0 Å². The highest BCUT2D eigenvalue weighted by molar-refractivity contribution is 7.89. The van der Waals surface area contributed by atoms with Gasteiger partial charge in [0.1, 0.15) is 6.04 Å². The molecule has 1 aliphatic heterocycles. The minimum Gasteiger partial charge on any atom is -0.324 e. The van der Waals surface area contributed by atoms with Crippen molar-refractivity contribution in [1.82, 2.24) is 4.72 Å². The van der Waals surface area contributed by atoms with Crippen molar-refractivity contribution in [3.63, 3.8) is 0 Å². The van der Waals surface area contributed by atoms with E-state index in [2.05, 4.69) is 10.0 Å². The van der Waals surface area contributed by atoms with Crippen molar-refractivity contribution < 1.29 is 18.0 Å². The number of benzene rings is 2. The Morgan fingerprint density at radius 3 is 2.38 bits per heavy atom. The minimum atomic E-state index is -3.95. The van der Waals surface area contributed by atoms with Crippen LogP contribution in [0.2, 0.25) is 0 Å². The van der Waals surface area contributed by atoms with E-state index in [1.165, 1.54) is 13.0 Å². The van der Waals surface area contributed by atoms with Crippen LogP contribution in [0.4, 0.5) is 11.4 Å². The van der Waals surface area contributed by atoms with Crippen molar-refractivity contribution in [3.8, 4) is 0 Å². The maximum atomic E-state index is 13.1. The standard InChI is InChI=1S/C24H31N3O4S/c1-14(2)23(24(29)25-21-9-7-15(3)11-16(21)4)26-32(30,31)20-8-10-22-19(13-20)12-17(5)27(22)18(6)28/h7-11,13-14,17,23,26H,12H2,1-6H3,(H,25,29)/t17-,23-/m0/s1. The van der Waals surface area contributed by atoms with E-state index in [1.807, 2.05) is 39.0 Å². The van der Waals surface area contributed by atoms with E-state index < -0.39 is 22.0 Å². The molecule has 0 saturated heterocycles. The SMILES string of the molecule is CC(=O)N1c2ccc(S(=O)(=O)N[C@H](C(=O)Nc3ccc(C)cc3C)C(C)C)cc2C[C@@H]1C. The van der Waals surface area contributed by atoms with Gasteiger partial charge in [0.2, 0.25) is 21.8 Å². The van der Waals surface area contributed by atoms with Gasteiger partial charge in [-0.1, -0.05) is 31.5 Å². The lowest BCUT2D eigenvalue weighted by molar-refractivity contribution is -0.118. The van der Waals surface area contributed by atoms with Gasteiger partial charge in [-0.25, -0.2) is 8.42 Å². The molecule has 2 amide bonds. The van der Waals surface area contributed by atoms with E-state index >= 15 is 0 Å². The zero-order valence-corrected chi connectivity index (χ0v) is 20.2. The predicted octanol–water partition coefficient (Wildman–Crippen LogP) is 3.54. The molecule has 2 atom stereocenters. The highest BCUT2D eigenvalue weighted by Crippen LogP contribution is 2.34. The Kier molecular flexibility index (Phi) is 6.76. The van der Waals surface area contributed by atoms with Crippen LogP contribution >= 0.6 is 0 Å².